The first kappa shape index (κ1) is 11.2. The standard InChI is InChI=1S/C11H17BrN2O/c12-10-5-6-15-11(10)7-14-9-3-1-8(13)2-4-9/h5-6,8-9,14H,1-4,7,13H2. The van der Waals surface area contributed by atoms with Crippen molar-refractivity contribution in [2.45, 2.75) is 44.3 Å². The second-order valence-corrected chi connectivity index (χ2v) is 5.04. The van der Waals surface area contributed by atoms with Crippen molar-refractivity contribution < 1.29 is 4.42 Å². The van der Waals surface area contributed by atoms with Gasteiger partial charge in [-0.3, -0.25) is 0 Å². The second-order valence-electron chi connectivity index (χ2n) is 4.18. The van der Waals surface area contributed by atoms with E-state index in [1.54, 1.807) is 6.26 Å². The fourth-order valence-electron chi connectivity index (χ4n) is 2.01. The third-order valence-electron chi connectivity index (χ3n) is 3.01. The Morgan fingerprint density at radius 1 is 1.40 bits per heavy atom. The molecule has 0 unspecified atom stereocenters. The summed E-state index contributed by atoms with van der Waals surface area (Å²) >= 11 is 3.45. The molecule has 1 aliphatic carbocycles. The van der Waals surface area contributed by atoms with E-state index in [-0.39, 0.29) is 0 Å². The predicted molar refractivity (Wildman–Crippen MR) is 63.5 cm³/mol. The molecule has 0 atom stereocenters. The highest BCUT2D eigenvalue weighted by Gasteiger charge is 2.18. The van der Waals surface area contributed by atoms with Crippen LogP contribution in [0, 0.1) is 0 Å². The van der Waals surface area contributed by atoms with E-state index < -0.39 is 0 Å². The highest BCUT2D eigenvalue weighted by molar-refractivity contribution is 9.10. The van der Waals surface area contributed by atoms with Gasteiger partial charge in [-0.2, -0.15) is 0 Å². The summed E-state index contributed by atoms with van der Waals surface area (Å²) in [5.74, 6) is 0.977. The lowest BCUT2D eigenvalue weighted by Crippen LogP contribution is -2.36. The Hall–Kier alpha value is -0.320. The molecule has 0 aromatic carbocycles. The zero-order chi connectivity index (χ0) is 10.7. The fraction of sp³-hybridized carbons (Fsp3) is 0.636. The summed E-state index contributed by atoms with van der Waals surface area (Å²) in [5.41, 5.74) is 5.86. The van der Waals surface area contributed by atoms with Crippen LogP contribution in [0.1, 0.15) is 31.4 Å². The smallest absolute Gasteiger partial charge is 0.131 e. The van der Waals surface area contributed by atoms with Crippen LogP contribution in [0.15, 0.2) is 21.2 Å². The van der Waals surface area contributed by atoms with Gasteiger partial charge in [0.25, 0.3) is 0 Å². The molecule has 0 saturated heterocycles. The average Bonchev–Trinajstić information content (AvgIpc) is 2.63. The molecule has 0 spiro atoms. The van der Waals surface area contributed by atoms with Crippen molar-refractivity contribution in [1.29, 1.82) is 0 Å². The predicted octanol–water partition coefficient (Wildman–Crippen LogP) is 2.40. The number of rotatable bonds is 3. The summed E-state index contributed by atoms with van der Waals surface area (Å²) in [5, 5.41) is 3.51. The molecule has 1 aromatic heterocycles. The Bertz CT molecular complexity index is 305. The summed E-state index contributed by atoms with van der Waals surface area (Å²) < 4.78 is 6.39. The molecule has 15 heavy (non-hydrogen) atoms. The molecule has 3 nitrogen and oxygen atoms in total. The maximum atomic E-state index is 5.86. The van der Waals surface area contributed by atoms with E-state index in [0.29, 0.717) is 12.1 Å². The van der Waals surface area contributed by atoms with Gasteiger partial charge in [-0.15, -0.1) is 0 Å². The third kappa shape index (κ3) is 3.06. The number of furan rings is 1. The maximum Gasteiger partial charge on any atom is 0.131 e. The molecular weight excluding hydrogens is 256 g/mol. The lowest BCUT2D eigenvalue weighted by atomic mass is 9.92. The Kier molecular flexibility index (Phi) is 3.83. The van der Waals surface area contributed by atoms with Gasteiger partial charge in [-0.05, 0) is 47.7 Å². The van der Waals surface area contributed by atoms with Crippen LogP contribution < -0.4 is 11.1 Å². The van der Waals surface area contributed by atoms with Gasteiger partial charge in [0, 0.05) is 12.1 Å². The first-order valence-electron chi connectivity index (χ1n) is 5.46. The molecule has 1 fully saturated rings. The van der Waals surface area contributed by atoms with Crippen LogP contribution in [0.4, 0.5) is 0 Å². The minimum absolute atomic E-state index is 0.415. The number of nitrogens with one attached hydrogen (secondary N) is 1. The molecule has 3 N–H and O–H groups in total. The summed E-state index contributed by atoms with van der Waals surface area (Å²) in [6.07, 6.45) is 6.34. The average molecular weight is 273 g/mol. The molecular formula is C11H17BrN2O. The van der Waals surface area contributed by atoms with E-state index in [4.69, 9.17) is 10.2 Å². The molecule has 1 aromatic rings. The first-order valence-corrected chi connectivity index (χ1v) is 6.26. The molecule has 0 amide bonds. The number of hydrogen-bond donors (Lipinski definition) is 2. The molecule has 4 heteroatoms. The minimum atomic E-state index is 0.415. The topological polar surface area (TPSA) is 51.2 Å². The molecule has 1 saturated carbocycles. The number of hydrogen-bond acceptors (Lipinski definition) is 3. The molecule has 0 radical (unpaired) electrons. The second kappa shape index (κ2) is 5.14. The van der Waals surface area contributed by atoms with Crippen molar-refractivity contribution in [3.63, 3.8) is 0 Å². The van der Waals surface area contributed by atoms with Crippen LogP contribution >= 0.6 is 15.9 Å². The quantitative estimate of drug-likeness (QED) is 0.889. The summed E-state index contributed by atoms with van der Waals surface area (Å²) in [6.45, 7) is 0.799. The molecule has 0 aliphatic heterocycles. The number of halogens is 1. The van der Waals surface area contributed by atoms with Crippen LogP contribution in [0.2, 0.25) is 0 Å². The summed E-state index contributed by atoms with van der Waals surface area (Å²) in [7, 11) is 0. The van der Waals surface area contributed by atoms with E-state index in [2.05, 4.69) is 21.2 Å². The third-order valence-corrected chi connectivity index (χ3v) is 3.72. The lowest BCUT2D eigenvalue weighted by molar-refractivity contribution is 0.331. The first-order chi connectivity index (χ1) is 7.25. The van der Waals surface area contributed by atoms with Crippen molar-refractivity contribution in [2.75, 3.05) is 0 Å². The normalized spacial score (nSPS) is 26.8. The van der Waals surface area contributed by atoms with Crippen LogP contribution in [-0.4, -0.2) is 12.1 Å². The van der Waals surface area contributed by atoms with Gasteiger partial charge < -0.3 is 15.5 Å². The van der Waals surface area contributed by atoms with Crippen molar-refractivity contribution in [3.8, 4) is 0 Å². The van der Waals surface area contributed by atoms with Crippen LogP contribution in [0.25, 0.3) is 0 Å². The van der Waals surface area contributed by atoms with Crippen LogP contribution in [-0.2, 0) is 6.54 Å². The zero-order valence-corrected chi connectivity index (χ0v) is 10.3. The maximum absolute atomic E-state index is 5.86. The summed E-state index contributed by atoms with van der Waals surface area (Å²) in [4.78, 5) is 0. The van der Waals surface area contributed by atoms with Gasteiger partial charge in [-0.1, -0.05) is 0 Å². The zero-order valence-electron chi connectivity index (χ0n) is 8.71. The monoisotopic (exact) mass is 272 g/mol. The van der Waals surface area contributed by atoms with Crippen molar-refractivity contribution in [1.82, 2.24) is 5.32 Å². The van der Waals surface area contributed by atoms with E-state index in [1.165, 1.54) is 12.8 Å². The largest absolute Gasteiger partial charge is 0.467 e. The van der Waals surface area contributed by atoms with Crippen molar-refractivity contribution >= 4 is 15.9 Å². The Morgan fingerprint density at radius 3 is 2.73 bits per heavy atom. The molecule has 1 heterocycles. The Balaban J connectivity index is 1.77. The molecule has 0 bridgehead atoms. The SMILES string of the molecule is NC1CCC(NCc2occc2Br)CC1. The van der Waals surface area contributed by atoms with E-state index in [0.717, 1.165) is 29.6 Å². The van der Waals surface area contributed by atoms with Gasteiger partial charge in [-0.25, -0.2) is 0 Å². The Labute approximate surface area is 98.5 Å². The van der Waals surface area contributed by atoms with Gasteiger partial charge >= 0.3 is 0 Å². The van der Waals surface area contributed by atoms with Crippen LogP contribution in [0.3, 0.4) is 0 Å². The van der Waals surface area contributed by atoms with Crippen LogP contribution in [0.5, 0.6) is 0 Å². The van der Waals surface area contributed by atoms with E-state index >= 15 is 0 Å². The van der Waals surface area contributed by atoms with E-state index in [1.807, 2.05) is 6.07 Å². The summed E-state index contributed by atoms with van der Waals surface area (Å²) in [6, 6.07) is 2.94. The molecule has 1 aliphatic rings. The highest BCUT2D eigenvalue weighted by Crippen LogP contribution is 2.20. The van der Waals surface area contributed by atoms with Gasteiger partial charge in [0.05, 0.1) is 17.3 Å². The van der Waals surface area contributed by atoms with Crippen molar-refractivity contribution in [2.24, 2.45) is 5.73 Å². The van der Waals surface area contributed by atoms with Gasteiger partial charge in [0.2, 0.25) is 0 Å². The highest BCUT2D eigenvalue weighted by atomic mass is 79.9. The Morgan fingerprint density at radius 2 is 2.13 bits per heavy atom. The van der Waals surface area contributed by atoms with Gasteiger partial charge in [0.1, 0.15) is 5.76 Å². The van der Waals surface area contributed by atoms with Crippen molar-refractivity contribution in [3.05, 3.63) is 22.6 Å². The van der Waals surface area contributed by atoms with Gasteiger partial charge in [0.15, 0.2) is 0 Å². The lowest BCUT2D eigenvalue weighted by Gasteiger charge is -2.26. The molecule has 84 valence electrons. The molecule has 2 rings (SSSR count). The number of nitrogens with two attached hydrogens (primary N) is 1. The fourth-order valence-corrected chi connectivity index (χ4v) is 2.35. The van der Waals surface area contributed by atoms with E-state index in [9.17, 15) is 0 Å². The minimum Gasteiger partial charge on any atom is -0.467 e.